The van der Waals surface area contributed by atoms with Crippen LogP contribution in [-0.4, -0.2) is 30.3 Å². The summed E-state index contributed by atoms with van der Waals surface area (Å²) in [4.78, 5) is 14.1. The Hall–Kier alpha value is -2.08. The van der Waals surface area contributed by atoms with E-state index in [1.54, 1.807) is 18.2 Å². The van der Waals surface area contributed by atoms with Crippen molar-refractivity contribution in [3.8, 4) is 5.75 Å². The second kappa shape index (κ2) is 8.81. The van der Waals surface area contributed by atoms with Gasteiger partial charge in [-0.05, 0) is 51.8 Å². The van der Waals surface area contributed by atoms with Crippen LogP contribution in [0.5, 0.6) is 5.75 Å². The van der Waals surface area contributed by atoms with Gasteiger partial charge in [0.1, 0.15) is 11.1 Å². The van der Waals surface area contributed by atoms with Crippen LogP contribution >= 0.6 is 27.7 Å². The Kier molecular flexibility index (Phi) is 6.70. The fraction of sp³-hybridized carbons (Fsp3) is 0.316. The maximum Gasteiger partial charge on any atom is 0.416 e. The van der Waals surface area contributed by atoms with E-state index in [2.05, 4.69) is 21.2 Å². The summed E-state index contributed by atoms with van der Waals surface area (Å²) in [6.45, 7) is 0.274. The normalized spacial score (nSPS) is 17.0. The quantitative estimate of drug-likeness (QED) is 0.446. The van der Waals surface area contributed by atoms with Crippen LogP contribution in [-0.2, 0) is 12.4 Å². The zero-order valence-corrected chi connectivity index (χ0v) is 18.2. The Morgan fingerprint density at radius 1 is 1.10 bits per heavy atom. The topological polar surface area (TPSA) is 41.6 Å². The molecule has 0 saturated carbocycles. The van der Waals surface area contributed by atoms with E-state index in [0.29, 0.717) is 28.1 Å². The van der Waals surface area contributed by atoms with Gasteiger partial charge in [-0.15, -0.1) is 11.8 Å². The van der Waals surface area contributed by atoms with E-state index in [-0.39, 0.29) is 12.6 Å². The van der Waals surface area contributed by atoms with Crippen LogP contribution in [0.4, 0.5) is 36.8 Å². The largest absolute Gasteiger partial charge is 0.496 e. The first-order valence-electron chi connectivity index (χ1n) is 8.72. The van der Waals surface area contributed by atoms with Crippen LogP contribution in [0.2, 0.25) is 0 Å². The fourth-order valence-electron chi connectivity index (χ4n) is 3.01. The summed E-state index contributed by atoms with van der Waals surface area (Å²) in [7, 11) is 1.49. The Balaban J connectivity index is 1.87. The predicted molar refractivity (Wildman–Crippen MR) is 108 cm³/mol. The number of thioether (sulfide) groups is 1. The number of nitrogens with one attached hydrogen (secondary N) is 1. The van der Waals surface area contributed by atoms with Gasteiger partial charge in [-0.2, -0.15) is 26.3 Å². The van der Waals surface area contributed by atoms with Gasteiger partial charge in [-0.25, -0.2) is 4.79 Å². The van der Waals surface area contributed by atoms with Crippen molar-refractivity contribution in [2.75, 3.05) is 24.7 Å². The molecule has 0 radical (unpaired) electrons. The first-order chi connectivity index (χ1) is 14.4. The standard InChI is InChI=1S/C19H15BrF6N2O2S/c1-30-15-3-2-10(6-14(15)20)16-28(4-5-31-16)17(29)27-13-8-11(18(21,22)23)7-12(9-13)19(24,25)26/h2-3,6-9,16H,4-5H2,1H3,(H,27,29). The number of carbonyl (C=O) groups excluding carboxylic acids is 1. The lowest BCUT2D eigenvalue weighted by Gasteiger charge is -2.25. The molecule has 1 aliphatic rings. The highest BCUT2D eigenvalue weighted by atomic mass is 79.9. The van der Waals surface area contributed by atoms with E-state index < -0.39 is 40.6 Å². The van der Waals surface area contributed by atoms with Gasteiger partial charge in [0.15, 0.2) is 0 Å². The molecule has 31 heavy (non-hydrogen) atoms. The number of hydrogen-bond acceptors (Lipinski definition) is 3. The molecule has 2 amide bonds. The van der Waals surface area contributed by atoms with E-state index in [1.807, 2.05) is 0 Å². The summed E-state index contributed by atoms with van der Waals surface area (Å²) in [5, 5.41) is 1.72. The second-order valence-corrected chi connectivity index (χ2v) is 8.58. The number of nitrogens with zero attached hydrogens (tertiary/aromatic N) is 1. The molecule has 4 nitrogen and oxygen atoms in total. The molecule has 1 unspecified atom stereocenters. The van der Waals surface area contributed by atoms with E-state index in [1.165, 1.54) is 23.8 Å². The Morgan fingerprint density at radius 3 is 2.23 bits per heavy atom. The molecule has 0 bridgehead atoms. The zero-order chi connectivity index (χ0) is 23.0. The van der Waals surface area contributed by atoms with Crippen molar-refractivity contribution < 1.29 is 35.9 Å². The van der Waals surface area contributed by atoms with Gasteiger partial charge >= 0.3 is 18.4 Å². The smallest absolute Gasteiger partial charge is 0.416 e. The number of ether oxygens (including phenoxy) is 1. The number of alkyl halides is 6. The molecule has 12 heteroatoms. The summed E-state index contributed by atoms with van der Waals surface area (Å²) in [5.74, 6) is 1.13. The molecular weight excluding hydrogens is 514 g/mol. The maximum absolute atomic E-state index is 13.0. The summed E-state index contributed by atoms with van der Waals surface area (Å²) in [6, 6.07) is 5.35. The minimum absolute atomic E-state index is 0.0129. The Morgan fingerprint density at radius 2 is 1.71 bits per heavy atom. The summed E-state index contributed by atoms with van der Waals surface area (Å²) < 4.78 is 84.1. The number of methoxy groups -OCH3 is 1. The van der Waals surface area contributed by atoms with Crippen LogP contribution in [0, 0.1) is 0 Å². The summed E-state index contributed by atoms with van der Waals surface area (Å²) in [5.41, 5.74) is -2.85. The van der Waals surface area contributed by atoms with Crippen molar-refractivity contribution in [1.82, 2.24) is 4.90 Å². The molecule has 168 valence electrons. The molecule has 1 atom stereocenters. The second-order valence-electron chi connectivity index (χ2n) is 6.54. The van der Waals surface area contributed by atoms with E-state index in [0.717, 1.165) is 5.56 Å². The van der Waals surface area contributed by atoms with Gasteiger partial charge in [-0.3, -0.25) is 0 Å². The molecule has 0 spiro atoms. The lowest BCUT2D eigenvalue weighted by molar-refractivity contribution is -0.143. The van der Waals surface area contributed by atoms with Crippen LogP contribution in [0.1, 0.15) is 22.1 Å². The van der Waals surface area contributed by atoms with Gasteiger partial charge in [0.25, 0.3) is 0 Å². The molecule has 0 aromatic heterocycles. The van der Waals surface area contributed by atoms with Crippen LogP contribution in [0.15, 0.2) is 40.9 Å². The lowest BCUT2D eigenvalue weighted by Crippen LogP contribution is -2.34. The number of amides is 2. The molecule has 0 aliphatic carbocycles. The third kappa shape index (κ3) is 5.40. The first kappa shape index (κ1) is 23.6. The molecule has 2 aromatic rings. The van der Waals surface area contributed by atoms with Gasteiger partial charge in [-0.1, -0.05) is 6.07 Å². The Labute approximate surface area is 186 Å². The lowest BCUT2D eigenvalue weighted by atomic mass is 10.1. The van der Waals surface area contributed by atoms with Crippen molar-refractivity contribution >= 4 is 39.4 Å². The third-order valence-corrected chi connectivity index (χ3v) is 6.33. The van der Waals surface area contributed by atoms with Crippen molar-refractivity contribution in [2.45, 2.75) is 17.7 Å². The molecule has 2 aromatic carbocycles. The molecule has 1 aliphatic heterocycles. The molecule has 1 saturated heterocycles. The van der Waals surface area contributed by atoms with Crippen LogP contribution < -0.4 is 10.1 Å². The molecule has 1 N–H and O–H groups in total. The van der Waals surface area contributed by atoms with E-state index >= 15 is 0 Å². The number of urea groups is 1. The SMILES string of the molecule is COc1ccc(C2SCCN2C(=O)Nc2cc(C(F)(F)F)cc(C(F)(F)F)c2)cc1Br. The number of anilines is 1. The highest BCUT2D eigenvalue weighted by Crippen LogP contribution is 2.41. The van der Waals surface area contributed by atoms with Crippen molar-refractivity contribution in [2.24, 2.45) is 0 Å². The Bertz CT molecular complexity index is 951. The summed E-state index contributed by atoms with van der Waals surface area (Å²) in [6.07, 6.45) is -10.00. The minimum atomic E-state index is -5.00. The minimum Gasteiger partial charge on any atom is -0.496 e. The summed E-state index contributed by atoms with van der Waals surface area (Å²) >= 11 is 4.77. The molecule has 1 heterocycles. The third-order valence-electron chi connectivity index (χ3n) is 4.45. The highest BCUT2D eigenvalue weighted by Gasteiger charge is 2.38. The predicted octanol–water partition coefficient (Wildman–Crippen LogP) is 6.77. The number of benzene rings is 2. The number of hydrogen-bond donors (Lipinski definition) is 1. The number of rotatable bonds is 3. The average Bonchev–Trinajstić information content (AvgIpc) is 3.16. The van der Waals surface area contributed by atoms with Gasteiger partial charge in [0.2, 0.25) is 0 Å². The number of halogens is 7. The van der Waals surface area contributed by atoms with Crippen molar-refractivity contribution in [3.63, 3.8) is 0 Å². The van der Waals surface area contributed by atoms with E-state index in [9.17, 15) is 31.1 Å². The molecule has 1 fully saturated rings. The molecular formula is C19H15BrF6N2O2S. The molecule has 3 rings (SSSR count). The average molecular weight is 529 g/mol. The van der Waals surface area contributed by atoms with Crippen molar-refractivity contribution in [3.05, 3.63) is 57.6 Å². The van der Waals surface area contributed by atoms with Gasteiger partial charge in [0.05, 0.1) is 22.7 Å². The number of carbonyl (C=O) groups is 1. The van der Waals surface area contributed by atoms with Crippen molar-refractivity contribution in [1.29, 1.82) is 0 Å². The first-order valence-corrected chi connectivity index (χ1v) is 10.6. The van der Waals surface area contributed by atoms with Crippen LogP contribution in [0.3, 0.4) is 0 Å². The van der Waals surface area contributed by atoms with Gasteiger partial charge in [0, 0.05) is 18.0 Å². The highest BCUT2D eigenvalue weighted by molar-refractivity contribution is 9.10. The van der Waals surface area contributed by atoms with Gasteiger partial charge < -0.3 is 15.0 Å². The monoisotopic (exact) mass is 528 g/mol. The zero-order valence-electron chi connectivity index (χ0n) is 15.8. The fourth-order valence-corrected chi connectivity index (χ4v) is 4.82. The van der Waals surface area contributed by atoms with Crippen LogP contribution in [0.25, 0.3) is 0 Å². The van der Waals surface area contributed by atoms with E-state index in [4.69, 9.17) is 4.74 Å². The maximum atomic E-state index is 13.0.